The molecule has 2 aliphatic heterocycles. The van der Waals surface area contributed by atoms with Crippen molar-refractivity contribution < 1.29 is 34.2 Å². The van der Waals surface area contributed by atoms with Gasteiger partial charge in [-0.15, -0.1) is 0 Å². The molecule has 3 rings (SSSR count). The first-order chi connectivity index (χ1) is 14.2. The van der Waals surface area contributed by atoms with Crippen molar-refractivity contribution in [1.82, 2.24) is 20.9 Å². The second-order valence-corrected chi connectivity index (χ2v) is 7.28. The van der Waals surface area contributed by atoms with Crippen LogP contribution in [0.15, 0.2) is 18.2 Å². The first kappa shape index (κ1) is 21.2. The zero-order valence-corrected chi connectivity index (χ0v) is 16.2. The normalized spacial score (nSPS) is 20.3. The number of carbonyl (C=O) groups excluding carboxylic acids is 4. The van der Waals surface area contributed by atoms with Crippen LogP contribution in [-0.4, -0.2) is 63.0 Å². The van der Waals surface area contributed by atoms with Crippen molar-refractivity contribution in [3.8, 4) is 0 Å². The molecule has 1 saturated heterocycles. The van der Waals surface area contributed by atoms with E-state index < -0.39 is 36.1 Å². The molecule has 2 aliphatic rings. The lowest BCUT2D eigenvalue weighted by atomic mass is 10.0. The number of nitrogens with zero attached hydrogens (tertiary/aromatic N) is 1. The molecule has 11 nitrogen and oxygen atoms in total. The Labute approximate surface area is 171 Å². The van der Waals surface area contributed by atoms with Gasteiger partial charge in [-0.3, -0.25) is 24.5 Å². The van der Waals surface area contributed by atoms with E-state index in [2.05, 4.69) is 10.6 Å². The Bertz CT molecular complexity index is 914. The first-order valence-electron chi connectivity index (χ1n) is 9.39. The summed E-state index contributed by atoms with van der Waals surface area (Å²) in [7, 11) is 0. The minimum absolute atomic E-state index is 0.0588. The van der Waals surface area contributed by atoms with Crippen LogP contribution in [0.2, 0.25) is 0 Å². The zero-order chi connectivity index (χ0) is 22.0. The van der Waals surface area contributed by atoms with Gasteiger partial charge in [0.05, 0.1) is 6.10 Å². The number of hydrogen-bond donors (Lipinski definition) is 5. The van der Waals surface area contributed by atoms with Gasteiger partial charge in [-0.1, -0.05) is 12.1 Å². The van der Waals surface area contributed by atoms with E-state index in [1.807, 2.05) is 5.32 Å². The molecule has 0 aromatic heterocycles. The van der Waals surface area contributed by atoms with Crippen LogP contribution in [-0.2, 0) is 27.5 Å². The molecule has 1 fully saturated rings. The number of carbonyl (C=O) groups is 5. The minimum atomic E-state index is -1.43. The van der Waals surface area contributed by atoms with Gasteiger partial charge < -0.3 is 25.7 Å². The van der Waals surface area contributed by atoms with E-state index in [-0.39, 0.29) is 37.7 Å². The Kier molecular flexibility index (Phi) is 6.01. The number of hydrogen-bond acceptors (Lipinski definition) is 6. The maximum absolute atomic E-state index is 12.7. The largest absolute Gasteiger partial charge is 0.465 e. The summed E-state index contributed by atoms with van der Waals surface area (Å²) in [5.74, 6) is -1.83. The second kappa shape index (κ2) is 8.49. The fourth-order valence-electron chi connectivity index (χ4n) is 3.58. The molecule has 1 unspecified atom stereocenters. The minimum Gasteiger partial charge on any atom is -0.465 e. The van der Waals surface area contributed by atoms with Crippen molar-refractivity contribution in [3.63, 3.8) is 0 Å². The van der Waals surface area contributed by atoms with Crippen LogP contribution in [0.5, 0.6) is 0 Å². The highest BCUT2D eigenvalue weighted by atomic mass is 16.4. The molecule has 3 atom stereocenters. The molecule has 0 radical (unpaired) electrons. The highest BCUT2D eigenvalue weighted by molar-refractivity contribution is 6.05. The summed E-state index contributed by atoms with van der Waals surface area (Å²) in [5.41, 5.74) is 1.80. The van der Waals surface area contributed by atoms with E-state index in [0.717, 1.165) is 0 Å². The Morgan fingerprint density at radius 1 is 1.30 bits per heavy atom. The predicted molar refractivity (Wildman–Crippen MR) is 101 cm³/mol. The van der Waals surface area contributed by atoms with Crippen molar-refractivity contribution in [2.75, 3.05) is 0 Å². The van der Waals surface area contributed by atoms with Gasteiger partial charge in [-0.25, -0.2) is 4.79 Å². The molecule has 30 heavy (non-hydrogen) atoms. The van der Waals surface area contributed by atoms with E-state index >= 15 is 0 Å². The number of nitrogens with one attached hydrogen (secondary N) is 3. The van der Waals surface area contributed by atoms with Crippen LogP contribution in [0, 0.1) is 0 Å². The van der Waals surface area contributed by atoms with Gasteiger partial charge in [0, 0.05) is 25.1 Å². The van der Waals surface area contributed by atoms with Crippen LogP contribution in [0.3, 0.4) is 0 Å². The van der Waals surface area contributed by atoms with E-state index in [1.165, 1.54) is 11.8 Å². The molecule has 0 aliphatic carbocycles. The van der Waals surface area contributed by atoms with Crippen molar-refractivity contribution in [3.05, 3.63) is 34.9 Å². The number of carboxylic acid groups (broad SMARTS) is 1. The maximum Gasteiger partial charge on any atom is 0.405 e. The standard InChI is InChI=1S/C19H22N4O7/c1-9(24)15(22-19(29)30)17(27)20-7-10-2-3-12-11(6-10)8-23(18(12)28)13-4-5-14(25)21-16(13)26/h2-3,6,9,13,15,22,24H,4-5,7-8H2,1H3,(H,20,27)(H,29,30)(H,21,25,26)/t9-,13?,15+/m1/s1. The summed E-state index contributed by atoms with van der Waals surface area (Å²) in [6, 6.07) is 2.95. The molecule has 5 amide bonds. The number of piperidine rings is 1. The van der Waals surface area contributed by atoms with E-state index in [1.54, 1.807) is 18.2 Å². The number of aliphatic hydroxyl groups excluding tert-OH is 1. The smallest absolute Gasteiger partial charge is 0.405 e. The molecule has 5 N–H and O–H groups in total. The maximum atomic E-state index is 12.7. The van der Waals surface area contributed by atoms with Crippen LogP contribution >= 0.6 is 0 Å². The molecule has 2 heterocycles. The Morgan fingerprint density at radius 2 is 2.03 bits per heavy atom. The fraction of sp³-hybridized carbons (Fsp3) is 0.421. The number of rotatable bonds is 6. The average Bonchev–Trinajstić information content (AvgIpc) is 2.99. The predicted octanol–water partition coefficient (Wildman–Crippen LogP) is -0.919. The topological polar surface area (TPSA) is 165 Å². The number of amides is 5. The van der Waals surface area contributed by atoms with Crippen molar-refractivity contribution in [2.24, 2.45) is 0 Å². The molecule has 0 bridgehead atoms. The summed E-state index contributed by atoms with van der Waals surface area (Å²) >= 11 is 0. The van der Waals surface area contributed by atoms with Gasteiger partial charge in [-0.05, 0) is 30.5 Å². The third kappa shape index (κ3) is 4.40. The molecule has 0 spiro atoms. The number of aliphatic hydroxyl groups is 1. The SMILES string of the molecule is C[C@@H](O)[C@H](NC(=O)O)C(=O)NCc1ccc2c(c1)CN(C1CCC(=O)NC1=O)C2=O. The summed E-state index contributed by atoms with van der Waals surface area (Å²) in [5, 5.41) is 25.1. The van der Waals surface area contributed by atoms with Crippen LogP contribution in [0.25, 0.3) is 0 Å². The first-order valence-corrected chi connectivity index (χ1v) is 9.39. The molecular weight excluding hydrogens is 396 g/mol. The average molecular weight is 418 g/mol. The van der Waals surface area contributed by atoms with Crippen molar-refractivity contribution in [2.45, 2.75) is 51.0 Å². The van der Waals surface area contributed by atoms with E-state index in [0.29, 0.717) is 16.7 Å². The van der Waals surface area contributed by atoms with E-state index in [9.17, 15) is 29.1 Å². The molecular formula is C19H22N4O7. The Morgan fingerprint density at radius 3 is 2.67 bits per heavy atom. The molecule has 11 heteroatoms. The quantitative estimate of drug-likeness (QED) is 0.373. The number of imide groups is 1. The van der Waals surface area contributed by atoms with Gasteiger partial charge in [0.15, 0.2) is 0 Å². The lowest BCUT2D eigenvalue weighted by Crippen LogP contribution is -2.52. The molecule has 1 aromatic carbocycles. The van der Waals surface area contributed by atoms with Crippen LogP contribution < -0.4 is 16.0 Å². The summed E-state index contributed by atoms with van der Waals surface area (Å²) in [6.07, 6.45) is -2.21. The monoisotopic (exact) mass is 418 g/mol. The van der Waals surface area contributed by atoms with Gasteiger partial charge in [0.1, 0.15) is 12.1 Å². The third-order valence-corrected chi connectivity index (χ3v) is 5.10. The third-order valence-electron chi connectivity index (χ3n) is 5.10. The Balaban J connectivity index is 1.66. The summed E-state index contributed by atoms with van der Waals surface area (Å²) in [4.78, 5) is 60.4. The fourth-order valence-corrected chi connectivity index (χ4v) is 3.58. The molecule has 0 saturated carbocycles. The summed E-state index contributed by atoms with van der Waals surface area (Å²) < 4.78 is 0. The lowest BCUT2D eigenvalue weighted by molar-refractivity contribution is -0.137. The second-order valence-electron chi connectivity index (χ2n) is 7.28. The lowest BCUT2D eigenvalue weighted by Gasteiger charge is -2.29. The highest BCUT2D eigenvalue weighted by Gasteiger charge is 2.39. The molecule has 160 valence electrons. The van der Waals surface area contributed by atoms with E-state index in [4.69, 9.17) is 5.11 Å². The van der Waals surface area contributed by atoms with Crippen molar-refractivity contribution >= 4 is 29.7 Å². The van der Waals surface area contributed by atoms with Gasteiger partial charge in [0.2, 0.25) is 17.7 Å². The Hall–Kier alpha value is -3.47. The van der Waals surface area contributed by atoms with Gasteiger partial charge in [-0.2, -0.15) is 0 Å². The van der Waals surface area contributed by atoms with Gasteiger partial charge >= 0.3 is 6.09 Å². The van der Waals surface area contributed by atoms with Crippen LogP contribution in [0.4, 0.5) is 4.79 Å². The highest BCUT2D eigenvalue weighted by Crippen LogP contribution is 2.28. The van der Waals surface area contributed by atoms with Crippen LogP contribution in [0.1, 0.15) is 41.3 Å². The zero-order valence-electron chi connectivity index (χ0n) is 16.2. The summed E-state index contributed by atoms with van der Waals surface area (Å²) in [6.45, 7) is 1.56. The van der Waals surface area contributed by atoms with Gasteiger partial charge in [0.25, 0.3) is 5.91 Å². The van der Waals surface area contributed by atoms with Crippen molar-refractivity contribution in [1.29, 1.82) is 0 Å². The molecule has 1 aromatic rings. The number of fused-ring (bicyclic) bond motifs is 1. The number of benzene rings is 1.